The molecule has 0 unspecified atom stereocenters. The average molecular weight is 283 g/mol. The van der Waals surface area contributed by atoms with Gasteiger partial charge < -0.3 is 10.7 Å². The molecule has 1 heterocycles. The van der Waals surface area contributed by atoms with Gasteiger partial charge in [0.25, 0.3) is 0 Å². The highest BCUT2D eigenvalue weighted by Crippen LogP contribution is 2.11. The van der Waals surface area contributed by atoms with E-state index in [1.54, 1.807) is 0 Å². The Bertz CT molecular complexity index is 337. The van der Waals surface area contributed by atoms with Gasteiger partial charge in [0.15, 0.2) is 0 Å². The molecule has 0 saturated carbocycles. The van der Waals surface area contributed by atoms with Crippen LogP contribution in [-0.2, 0) is 6.42 Å². The number of thioether (sulfide) groups is 1. The minimum atomic E-state index is 0.661. The van der Waals surface area contributed by atoms with Gasteiger partial charge in [0, 0.05) is 19.0 Å². The zero-order valence-electron chi connectivity index (χ0n) is 11.9. The van der Waals surface area contributed by atoms with E-state index in [0.717, 1.165) is 24.6 Å². The van der Waals surface area contributed by atoms with E-state index in [2.05, 4.69) is 27.0 Å². The first-order valence-electron chi connectivity index (χ1n) is 6.87. The summed E-state index contributed by atoms with van der Waals surface area (Å²) in [4.78, 5) is 8.68. The average Bonchev–Trinajstić information content (AvgIpc) is 2.45. The van der Waals surface area contributed by atoms with Gasteiger partial charge in [-0.05, 0) is 24.9 Å². The standard InChI is InChI=1S/C13H25N5S/c1-3-11-16-12(10-13(17-11)18-14)15-8-6-4-5-7-9-19-2/h10H,3-9,14H2,1-2H3,(H2,15,16,17,18). The van der Waals surface area contributed by atoms with Crippen molar-refractivity contribution < 1.29 is 0 Å². The molecule has 108 valence electrons. The lowest BCUT2D eigenvalue weighted by atomic mass is 10.2. The van der Waals surface area contributed by atoms with E-state index < -0.39 is 0 Å². The van der Waals surface area contributed by atoms with Gasteiger partial charge in [0.2, 0.25) is 0 Å². The molecule has 0 spiro atoms. The number of nitrogens with zero attached hydrogens (tertiary/aromatic N) is 2. The van der Waals surface area contributed by atoms with E-state index in [1.165, 1.54) is 31.4 Å². The van der Waals surface area contributed by atoms with Crippen LogP contribution in [-0.4, -0.2) is 28.5 Å². The van der Waals surface area contributed by atoms with E-state index in [-0.39, 0.29) is 0 Å². The lowest BCUT2D eigenvalue weighted by Crippen LogP contribution is -2.12. The van der Waals surface area contributed by atoms with Gasteiger partial charge in [0.05, 0.1) is 0 Å². The molecule has 6 heteroatoms. The molecule has 1 aromatic heterocycles. The molecule has 0 fully saturated rings. The highest BCUT2D eigenvalue weighted by Gasteiger charge is 2.01. The summed E-state index contributed by atoms with van der Waals surface area (Å²) in [5.74, 6) is 8.98. The minimum Gasteiger partial charge on any atom is -0.370 e. The van der Waals surface area contributed by atoms with Crippen LogP contribution in [0, 0.1) is 0 Å². The smallest absolute Gasteiger partial charge is 0.145 e. The summed E-state index contributed by atoms with van der Waals surface area (Å²) in [7, 11) is 0. The van der Waals surface area contributed by atoms with Crippen molar-refractivity contribution >= 4 is 23.4 Å². The van der Waals surface area contributed by atoms with E-state index in [1.807, 2.05) is 24.8 Å². The molecule has 0 atom stereocenters. The maximum atomic E-state index is 5.40. The monoisotopic (exact) mass is 283 g/mol. The quantitative estimate of drug-likeness (QED) is 0.348. The van der Waals surface area contributed by atoms with E-state index >= 15 is 0 Å². The maximum Gasteiger partial charge on any atom is 0.145 e. The number of nitrogens with two attached hydrogens (primary N) is 1. The van der Waals surface area contributed by atoms with Crippen LogP contribution in [0.5, 0.6) is 0 Å². The van der Waals surface area contributed by atoms with Crippen molar-refractivity contribution in [2.24, 2.45) is 5.84 Å². The summed E-state index contributed by atoms with van der Waals surface area (Å²) in [6, 6.07) is 1.84. The Balaban J connectivity index is 2.28. The Morgan fingerprint density at radius 2 is 1.89 bits per heavy atom. The molecule has 1 rings (SSSR count). The Morgan fingerprint density at radius 3 is 2.58 bits per heavy atom. The van der Waals surface area contributed by atoms with Crippen LogP contribution < -0.4 is 16.6 Å². The summed E-state index contributed by atoms with van der Waals surface area (Å²) in [5.41, 5.74) is 2.57. The van der Waals surface area contributed by atoms with Crippen molar-refractivity contribution in [1.82, 2.24) is 9.97 Å². The third-order valence-corrected chi connectivity index (χ3v) is 3.51. The van der Waals surface area contributed by atoms with Crippen LogP contribution in [0.25, 0.3) is 0 Å². The van der Waals surface area contributed by atoms with Gasteiger partial charge in [-0.25, -0.2) is 15.8 Å². The lowest BCUT2D eigenvalue weighted by molar-refractivity contribution is 0.688. The van der Waals surface area contributed by atoms with E-state index in [4.69, 9.17) is 5.84 Å². The Hall–Kier alpha value is -1.01. The molecule has 0 saturated heterocycles. The van der Waals surface area contributed by atoms with Crippen molar-refractivity contribution in [1.29, 1.82) is 0 Å². The second kappa shape index (κ2) is 9.86. The number of unbranched alkanes of at least 4 members (excludes halogenated alkanes) is 3. The van der Waals surface area contributed by atoms with Gasteiger partial charge in [-0.3, -0.25) is 0 Å². The third-order valence-electron chi connectivity index (χ3n) is 2.82. The number of aromatic nitrogens is 2. The molecule has 0 aliphatic rings. The first-order chi connectivity index (χ1) is 9.30. The van der Waals surface area contributed by atoms with Gasteiger partial charge in [-0.15, -0.1) is 0 Å². The highest BCUT2D eigenvalue weighted by molar-refractivity contribution is 7.98. The fraction of sp³-hybridized carbons (Fsp3) is 0.692. The van der Waals surface area contributed by atoms with Crippen LogP contribution in [0.15, 0.2) is 6.07 Å². The predicted molar refractivity (Wildman–Crippen MR) is 84.6 cm³/mol. The van der Waals surface area contributed by atoms with Crippen LogP contribution in [0.2, 0.25) is 0 Å². The Labute approximate surface area is 120 Å². The minimum absolute atomic E-state index is 0.661. The second-order valence-electron chi connectivity index (χ2n) is 4.39. The van der Waals surface area contributed by atoms with Gasteiger partial charge >= 0.3 is 0 Å². The maximum absolute atomic E-state index is 5.40. The lowest BCUT2D eigenvalue weighted by Gasteiger charge is -2.09. The fourth-order valence-corrected chi connectivity index (χ4v) is 2.25. The summed E-state index contributed by atoms with van der Waals surface area (Å²) in [6.45, 7) is 2.98. The second-order valence-corrected chi connectivity index (χ2v) is 5.37. The first-order valence-corrected chi connectivity index (χ1v) is 8.27. The van der Waals surface area contributed by atoms with Crippen molar-refractivity contribution in [3.05, 3.63) is 11.9 Å². The molecule has 4 N–H and O–H groups in total. The van der Waals surface area contributed by atoms with E-state index in [0.29, 0.717) is 5.82 Å². The van der Waals surface area contributed by atoms with Crippen molar-refractivity contribution in [2.75, 3.05) is 29.3 Å². The number of nitrogen functional groups attached to an aromatic ring is 1. The summed E-state index contributed by atoms with van der Waals surface area (Å²) >= 11 is 1.92. The Kier molecular flexibility index (Phi) is 8.33. The molecule has 0 bridgehead atoms. The van der Waals surface area contributed by atoms with Crippen LogP contribution in [0.3, 0.4) is 0 Å². The van der Waals surface area contributed by atoms with Crippen molar-refractivity contribution in [2.45, 2.75) is 39.0 Å². The molecule has 0 amide bonds. The molecule has 0 radical (unpaired) electrons. The van der Waals surface area contributed by atoms with E-state index in [9.17, 15) is 0 Å². The summed E-state index contributed by atoms with van der Waals surface area (Å²) in [5, 5.41) is 3.33. The zero-order valence-corrected chi connectivity index (χ0v) is 12.7. The zero-order chi connectivity index (χ0) is 13.9. The van der Waals surface area contributed by atoms with Gasteiger partial charge in [0.1, 0.15) is 17.5 Å². The topological polar surface area (TPSA) is 75.9 Å². The number of nitrogens with one attached hydrogen (secondary N) is 2. The third kappa shape index (κ3) is 6.63. The number of aryl methyl sites for hydroxylation is 1. The number of hydrogen-bond acceptors (Lipinski definition) is 6. The summed E-state index contributed by atoms with van der Waals surface area (Å²) in [6.07, 6.45) is 8.02. The molecular weight excluding hydrogens is 258 g/mol. The Morgan fingerprint density at radius 1 is 1.16 bits per heavy atom. The SMILES string of the molecule is CCc1nc(NN)cc(NCCCCCCSC)n1. The van der Waals surface area contributed by atoms with Crippen LogP contribution >= 0.6 is 11.8 Å². The number of hydrogen-bond donors (Lipinski definition) is 3. The van der Waals surface area contributed by atoms with Gasteiger partial charge in [-0.1, -0.05) is 19.8 Å². The normalized spacial score (nSPS) is 10.5. The fourth-order valence-electron chi connectivity index (χ4n) is 1.76. The predicted octanol–water partition coefficient (Wildman–Crippen LogP) is 2.66. The molecule has 0 aliphatic carbocycles. The molecule has 1 aromatic rings. The van der Waals surface area contributed by atoms with Gasteiger partial charge in [-0.2, -0.15) is 11.8 Å². The number of hydrazine groups is 1. The molecule has 5 nitrogen and oxygen atoms in total. The van der Waals surface area contributed by atoms with Crippen LogP contribution in [0.1, 0.15) is 38.4 Å². The highest BCUT2D eigenvalue weighted by atomic mass is 32.2. The molecule has 0 aliphatic heterocycles. The molecule has 19 heavy (non-hydrogen) atoms. The number of anilines is 2. The van der Waals surface area contributed by atoms with Crippen molar-refractivity contribution in [3.8, 4) is 0 Å². The summed E-state index contributed by atoms with van der Waals surface area (Å²) < 4.78 is 0. The number of rotatable bonds is 10. The van der Waals surface area contributed by atoms with Crippen molar-refractivity contribution in [3.63, 3.8) is 0 Å². The molecular formula is C13H25N5S. The largest absolute Gasteiger partial charge is 0.370 e. The first kappa shape index (κ1) is 16.0. The van der Waals surface area contributed by atoms with Crippen LogP contribution in [0.4, 0.5) is 11.6 Å². The molecule has 0 aromatic carbocycles.